The van der Waals surface area contributed by atoms with Crippen molar-refractivity contribution in [1.82, 2.24) is 9.88 Å². The van der Waals surface area contributed by atoms with Crippen LogP contribution in [0.4, 0.5) is 6.01 Å². The smallest absolute Gasteiger partial charge is 0.320 e. The molecule has 1 aliphatic heterocycles. The summed E-state index contributed by atoms with van der Waals surface area (Å²) in [4.78, 5) is 19.7. The molecule has 0 radical (unpaired) electrons. The molecule has 1 fully saturated rings. The van der Waals surface area contributed by atoms with Crippen LogP contribution in [0.3, 0.4) is 0 Å². The topological polar surface area (TPSA) is 69.8 Å². The van der Waals surface area contributed by atoms with Gasteiger partial charge >= 0.3 is 5.97 Å². The van der Waals surface area contributed by atoms with Gasteiger partial charge in [-0.25, -0.2) is 0 Å². The monoisotopic (exact) mass is 303 g/mol. The molecule has 1 unspecified atom stereocenters. The van der Waals surface area contributed by atoms with Gasteiger partial charge in [-0.05, 0) is 31.0 Å². The van der Waals surface area contributed by atoms with Gasteiger partial charge in [0.1, 0.15) is 11.6 Å². The molecule has 6 nitrogen and oxygen atoms in total. The second-order valence-corrected chi connectivity index (χ2v) is 5.69. The molecular formula is C16H21N3O3. The Labute approximate surface area is 129 Å². The number of carboxylic acid groups (broad SMARTS) is 1. The number of hydrogen-bond donors (Lipinski definition) is 1. The third-order valence-electron chi connectivity index (χ3n) is 4.34. The number of anilines is 1. The number of fused-ring (bicyclic) bond motifs is 1. The van der Waals surface area contributed by atoms with Crippen LogP contribution in [0, 0.1) is 0 Å². The Bertz CT molecular complexity index is 674. The number of hydrogen-bond acceptors (Lipinski definition) is 5. The Morgan fingerprint density at radius 2 is 2.09 bits per heavy atom. The van der Waals surface area contributed by atoms with E-state index in [2.05, 4.69) is 28.9 Å². The fourth-order valence-electron chi connectivity index (χ4n) is 2.77. The second-order valence-electron chi connectivity index (χ2n) is 5.69. The molecule has 22 heavy (non-hydrogen) atoms. The maximum atomic E-state index is 11.0. The van der Waals surface area contributed by atoms with E-state index in [1.165, 1.54) is 5.56 Å². The zero-order valence-corrected chi connectivity index (χ0v) is 13.0. The molecule has 3 rings (SSSR count). The van der Waals surface area contributed by atoms with Crippen LogP contribution in [0.2, 0.25) is 0 Å². The third-order valence-corrected chi connectivity index (χ3v) is 4.34. The van der Waals surface area contributed by atoms with Gasteiger partial charge in [-0.3, -0.25) is 9.69 Å². The lowest BCUT2D eigenvalue weighted by atomic mass is 10.1. The van der Waals surface area contributed by atoms with E-state index in [0.717, 1.165) is 30.6 Å². The Hall–Kier alpha value is -2.08. The number of carbonyl (C=O) groups is 1. The number of nitrogens with zero attached hydrogens (tertiary/aromatic N) is 3. The molecule has 1 saturated heterocycles. The number of aryl methyl sites for hydroxylation is 1. The first-order valence-electron chi connectivity index (χ1n) is 7.69. The van der Waals surface area contributed by atoms with Gasteiger partial charge in [0.25, 0.3) is 6.01 Å². The van der Waals surface area contributed by atoms with E-state index in [4.69, 9.17) is 9.52 Å². The van der Waals surface area contributed by atoms with E-state index in [1.807, 2.05) is 11.0 Å². The second kappa shape index (κ2) is 5.96. The first-order valence-corrected chi connectivity index (χ1v) is 7.69. The Kier molecular flexibility index (Phi) is 4.02. The third kappa shape index (κ3) is 2.78. The lowest BCUT2D eigenvalue weighted by Gasteiger charge is -2.35. The minimum atomic E-state index is -0.776. The van der Waals surface area contributed by atoms with Gasteiger partial charge in [0.2, 0.25) is 0 Å². The number of carboxylic acids is 1. The Morgan fingerprint density at radius 1 is 1.36 bits per heavy atom. The standard InChI is InChI=1S/C16H21N3O3/c1-3-12-4-5-14-13(10-12)17-16(22-14)19-8-6-18(7-9-19)11(2)15(20)21/h4-5,10-11H,3,6-9H2,1-2H3,(H,20,21). The summed E-state index contributed by atoms with van der Waals surface area (Å²) in [7, 11) is 0. The molecule has 1 aromatic carbocycles. The predicted molar refractivity (Wildman–Crippen MR) is 84.3 cm³/mol. The van der Waals surface area contributed by atoms with Crippen molar-refractivity contribution >= 4 is 23.1 Å². The van der Waals surface area contributed by atoms with Crippen LogP contribution in [0.1, 0.15) is 19.4 Å². The highest BCUT2D eigenvalue weighted by molar-refractivity contribution is 5.75. The Balaban J connectivity index is 1.72. The van der Waals surface area contributed by atoms with E-state index in [0.29, 0.717) is 19.1 Å². The number of rotatable bonds is 4. The summed E-state index contributed by atoms with van der Waals surface area (Å²) in [5, 5.41) is 9.08. The summed E-state index contributed by atoms with van der Waals surface area (Å²) in [6.45, 7) is 6.70. The minimum Gasteiger partial charge on any atom is -0.480 e. The molecule has 0 saturated carbocycles. The number of oxazole rings is 1. The van der Waals surface area contributed by atoms with Crippen molar-refractivity contribution in [3.05, 3.63) is 23.8 Å². The molecule has 0 bridgehead atoms. The lowest BCUT2D eigenvalue weighted by Crippen LogP contribution is -2.51. The zero-order valence-electron chi connectivity index (χ0n) is 13.0. The molecule has 6 heteroatoms. The quantitative estimate of drug-likeness (QED) is 0.931. The van der Waals surface area contributed by atoms with Crippen molar-refractivity contribution in [1.29, 1.82) is 0 Å². The van der Waals surface area contributed by atoms with Crippen molar-refractivity contribution in [3.63, 3.8) is 0 Å². The van der Waals surface area contributed by atoms with Crippen LogP contribution in [-0.2, 0) is 11.2 Å². The summed E-state index contributed by atoms with van der Waals surface area (Å²) in [6, 6.07) is 6.27. The van der Waals surface area contributed by atoms with E-state index in [1.54, 1.807) is 6.92 Å². The van der Waals surface area contributed by atoms with Crippen LogP contribution >= 0.6 is 0 Å². The van der Waals surface area contributed by atoms with Gasteiger partial charge in [-0.15, -0.1) is 0 Å². The molecule has 0 amide bonds. The Morgan fingerprint density at radius 3 is 2.73 bits per heavy atom. The van der Waals surface area contributed by atoms with Crippen LogP contribution in [0.25, 0.3) is 11.1 Å². The lowest BCUT2D eigenvalue weighted by molar-refractivity contribution is -0.142. The summed E-state index contributed by atoms with van der Waals surface area (Å²) >= 11 is 0. The van der Waals surface area contributed by atoms with Crippen molar-refractivity contribution in [2.24, 2.45) is 0 Å². The number of aromatic nitrogens is 1. The van der Waals surface area contributed by atoms with Gasteiger partial charge in [-0.1, -0.05) is 13.0 Å². The van der Waals surface area contributed by atoms with Crippen molar-refractivity contribution < 1.29 is 14.3 Å². The van der Waals surface area contributed by atoms with E-state index < -0.39 is 12.0 Å². The maximum Gasteiger partial charge on any atom is 0.320 e. The number of piperazine rings is 1. The minimum absolute atomic E-state index is 0.446. The largest absolute Gasteiger partial charge is 0.480 e. The van der Waals surface area contributed by atoms with Gasteiger partial charge in [0.15, 0.2) is 5.58 Å². The van der Waals surface area contributed by atoms with Gasteiger partial charge in [0, 0.05) is 26.2 Å². The average molecular weight is 303 g/mol. The maximum absolute atomic E-state index is 11.0. The fourth-order valence-corrected chi connectivity index (χ4v) is 2.77. The van der Waals surface area contributed by atoms with Gasteiger partial charge in [0.05, 0.1) is 0 Å². The highest BCUT2D eigenvalue weighted by atomic mass is 16.4. The molecule has 118 valence electrons. The summed E-state index contributed by atoms with van der Waals surface area (Å²) in [6.07, 6.45) is 0.976. The summed E-state index contributed by atoms with van der Waals surface area (Å²) in [5.41, 5.74) is 2.93. The fraction of sp³-hybridized carbons (Fsp3) is 0.500. The average Bonchev–Trinajstić information content (AvgIpc) is 2.97. The molecule has 1 N–H and O–H groups in total. The van der Waals surface area contributed by atoms with Crippen molar-refractivity contribution in [3.8, 4) is 0 Å². The molecule has 1 aromatic heterocycles. The van der Waals surface area contributed by atoms with Crippen LogP contribution in [0.5, 0.6) is 0 Å². The van der Waals surface area contributed by atoms with E-state index in [-0.39, 0.29) is 0 Å². The van der Waals surface area contributed by atoms with Crippen molar-refractivity contribution in [2.45, 2.75) is 26.3 Å². The highest BCUT2D eigenvalue weighted by Crippen LogP contribution is 2.24. The molecule has 2 heterocycles. The van der Waals surface area contributed by atoms with Crippen LogP contribution < -0.4 is 4.90 Å². The normalized spacial score (nSPS) is 17.8. The predicted octanol–water partition coefficient (Wildman–Crippen LogP) is 1.99. The molecular weight excluding hydrogens is 282 g/mol. The van der Waals surface area contributed by atoms with Gasteiger partial charge in [-0.2, -0.15) is 4.98 Å². The highest BCUT2D eigenvalue weighted by Gasteiger charge is 2.27. The first-order chi connectivity index (χ1) is 10.6. The molecule has 1 aliphatic rings. The first kappa shape index (κ1) is 14.8. The van der Waals surface area contributed by atoms with E-state index in [9.17, 15) is 4.79 Å². The summed E-state index contributed by atoms with van der Waals surface area (Å²) < 4.78 is 5.83. The van der Waals surface area contributed by atoms with E-state index >= 15 is 0 Å². The SMILES string of the molecule is CCc1ccc2oc(N3CCN(C(C)C(=O)O)CC3)nc2c1. The van der Waals surface area contributed by atoms with Crippen molar-refractivity contribution in [2.75, 3.05) is 31.1 Å². The van der Waals surface area contributed by atoms with Crippen LogP contribution in [0.15, 0.2) is 22.6 Å². The molecule has 0 aliphatic carbocycles. The van der Waals surface area contributed by atoms with Crippen LogP contribution in [-0.4, -0.2) is 53.2 Å². The number of aliphatic carboxylic acids is 1. The number of benzene rings is 1. The summed E-state index contributed by atoms with van der Waals surface area (Å²) in [5.74, 6) is -0.776. The molecule has 0 spiro atoms. The zero-order chi connectivity index (χ0) is 15.7. The van der Waals surface area contributed by atoms with Gasteiger partial charge < -0.3 is 14.4 Å². The molecule has 1 atom stereocenters. The molecule has 2 aromatic rings.